The number of benzene rings is 2. The van der Waals surface area contributed by atoms with E-state index >= 15 is 0 Å². The van der Waals surface area contributed by atoms with Crippen LogP contribution in [0.25, 0.3) is 0 Å². The van der Waals surface area contributed by atoms with Crippen molar-refractivity contribution in [1.29, 1.82) is 0 Å². The fourth-order valence-corrected chi connectivity index (χ4v) is 1.74. The van der Waals surface area contributed by atoms with E-state index in [-0.39, 0.29) is 5.91 Å². The van der Waals surface area contributed by atoms with Crippen molar-refractivity contribution in [2.75, 3.05) is 10.6 Å². The van der Waals surface area contributed by atoms with Gasteiger partial charge in [0.15, 0.2) is 0 Å². The van der Waals surface area contributed by atoms with Crippen molar-refractivity contribution in [3.8, 4) is 0 Å². The molecule has 0 atom stereocenters. The molecule has 0 aliphatic rings. The number of para-hydroxylation sites is 1. The number of halogens is 1. The zero-order valence-corrected chi connectivity index (χ0v) is 10.8. The summed E-state index contributed by atoms with van der Waals surface area (Å²) in [4.78, 5) is 23.2. The molecule has 0 radical (unpaired) electrons. The van der Waals surface area contributed by atoms with Crippen LogP contribution >= 0.6 is 0 Å². The molecule has 2 N–H and O–H groups in total. The van der Waals surface area contributed by atoms with Crippen LogP contribution in [0.4, 0.5) is 15.8 Å². The largest absolute Gasteiger partial charge is 0.326 e. The molecule has 0 aliphatic heterocycles. The normalized spacial score (nSPS) is 9.90. The highest BCUT2D eigenvalue weighted by atomic mass is 19.1. The van der Waals surface area contributed by atoms with Crippen LogP contribution in [0, 0.1) is 5.82 Å². The molecule has 2 aromatic rings. The van der Waals surface area contributed by atoms with Gasteiger partial charge < -0.3 is 10.6 Å². The molecule has 0 heterocycles. The van der Waals surface area contributed by atoms with Crippen molar-refractivity contribution in [3.63, 3.8) is 0 Å². The Labute approximate surface area is 115 Å². The molecule has 2 rings (SSSR count). The average molecular weight is 272 g/mol. The second-order valence-corrected chi connectivity index (χ2v) is 4.19. The molecule has 0 saturated heterocycles. The molecular formula is C15H13FN2O2. The first-order valence-corrected chi connectivity index (χ1v) is 6.00. The summed E-state index contributed by atoms with van der Waals surface area (Å²) in [5.74, 6) is -1.12. The predicted molar refractivity (Wildman–Crippen MR) is 75.1 cm³/mol. The van der Waals surface area contributed by atoms with E-state index in [1.165, 1.54) is 25.1 Å². The first kappa shape index (κ1) is 13.7. The molecule has 2 amide bonds. The molecule has 0 unspecified atom stereocenters. The van der Waals surface area contributed by atoms with Crippen molar-refractivity contribution in [2.24, 2.45) is 0 Å². The molecule has 0 saturated carbocycles. The Kier molecular flexibility index (Phi) is 4.10. The number of anilines is 2. The van der Waals surface area contributed by atoms with Gasteiger partial charge in [0.05, 0.1) is 11.3 Å². The Morgan fingerprint density at radius 1 is 1.00 bits per heavy atom. The highest BCUT2D eigenvalue weighted by Gasteiger charge is 2.12. The van der Waals surface area contributed by atoms with Gasteiger partial charge in [0, 0.05) is 12.6 Å². The molecule has 0 spiro atoms. The monoisotopic (exact) mass is 272 g/mol. The number of carbonyl (C=O) groups excluding carboxylic acids is 2. The minimum atomic E-state index is -0.432. The van der Waals surface area contributed by atoms with Gasteiger partial charge in [0.2, 0.25) is 5.91 Å². The van der Waals surface area contributed by atoms with E-state index in [2.05, 4.69) is 10.6 Å². The highest BCUT2D eigenvalue weighted by molar-refractivity contribution is 6.09. The van der Waals surface area contributed by atoms with Gasteiger partial charge in [-0.2, -0.15) is 0 Å². The van der Waals surface area contributed by atoms with Crippen LogP contribution in [0.3, 0.4) is 0 Å². The maximum absolute atomic E-state index is 13.1. The Bertz CT molecular complexity index is 656. The van der Waals surface area contributed by atoms with Gasteiger partial charge in [-0.3, -0.25) is 9.59 Å². The minimum absolute atomic E-state index is 0.268. The lowest BCUT2D eigenvalue weighted by Crippen LogP contribution is -2.16. The van der Waals surface area contributed by atoms with E-state index in [0.717, 1.165) is 0 Å². The summed E-state index contributed by atoms with van der Waals surface area (Å²) < 4.78 is 13.1. The van der Waals surface area contributed by atoms with E-state index in [1.54, 1.807) is 30.3 Å². The smallest absolute Gasteiger partial charge is 0.257 e. The lowest BCUT2D eigenvalue weighted by Gasteiger charge is -2.10. The van der Waals surface area contributed by atoms with Gasteiger partial charge in [-0.05, 0) is 30.3 Å². The van der Waals surface area contributed by atoms with Crippen molar-refractivity contribution in [3.05, 3.63) is 59.9 Å². The third kappa shape index (κ3) is 3.41. The Balaban J connectivity index is 2.23. The molecule has 2 aromatic carbocycles. The molecule has 102 valence electrons. The summed E-state index contributed by atoms with van der Waals surface area (Å²) in [6.45, 7) is 1.36. The fourth-order valence-electron chi connectivity index (χ4n) is 1.74. The average Bonchev–Trinajstić information content (AvgIpc) is 2.38. The highest BCUT2D eigenvalue weighted by Crippen LogP contribution is 2.17. The Hall–Kier alpha value is -2.69. The standard InChI is InChI=1S/C15H13FN2O2/c1-10(19)17-14-8-3-2-7-13(14)15(20)18-12-6-4-5-11(16)9-12/h2-9H,1H3,(H,17,19)(H,18,20). The van der Waals surface area contributed by atoms with E-state index < -0.39 is 11.7 Å². The van der Waals surface area contributed by atoms with E-state index in [1.807, 2.05) is 0 Å². The third-order valence-corrected chi connectivity index (χ3v) is 2.56. The van der Waals surface area contributed by atoms with E-state index in [0.29, 0.717) is 16.9 Å². The first-order chi connectivity index (χ1) is 9.56. The van der Waals surface area contributed by atoms with Gasteiger partial charge in [0.25, 0.3) is 5.91 Å². The second-order valence-electron chi connectivity index (χ2n) is 4.19. The molecular weight excluding hydrogens is 259 g/mol. The van der Waals surface area contributed by atoms with Crippen molar-refractivity contribution in [1.82, 2.24) is 0 Å². The topological polar surface area (TPSA) is 58.2 Å². The number of rotatable bonds is 3. The third-order valence-electron chi connectivity index (χ3n) is 2.56. The Morgan fingerprint density at radius 2 is 1.75 bits per heavy atom. The summed E-state index contributed by atoms with van der Waals surface area (Å²) in [5, 5.41) is 5.16. The van der Waals surface area contributed by atoms with Gasteiger partial charge in [-0.15, -0.1) is 0 Å². The van der Waals surface area contributed by atoms with Crippen molar-refractivity contribution < 1.29 is 14.0 Å². The second kappa shape index (κ2) is 5.97. The zero-order chi connectivity index (χ0) is 14.5. The van der Waals surface area contributed by atoms with Crippen LogP contribution in [0.1, 0.15) is 17.3 Å². The molecule has 5 heteroatoms. The van der Waals surface area contributed by atoms with Crippen LogP contribution in [0.15, 0.2) is 48.5 Å². The van der Waals surface area contributed by atoms with Gasteiger partial charge in [0.1, 0.15) is 5.82 Å². The van der Waals surface area contributed by atoms with Crippen LogP contribution in [-0.2, 0) is 4.79 Å². The molecule has 0 aromatic heterocycles. The summed E-state index contributed by atoms with van der Waals surface area (Å²) in [5.41, 5.74) is 1.08. The fraction of sp³-hybridized carbons (Fsp3) is 0.0667. The van der Waals surface area contributed by atoms with Gasteiger partial charge in [-0.25, -0.2) is 4.39 Å². The Morgan fingerprint density at radius 3 is 2.45 bits per heavy atom. The number of hydrogen-bond acceptors (Lipinski definition) is 2. The summed E-state index contributed by atoms with van der Waals surface area (Å²) in [7, 11) is 0. The van der Waals surface area contributed by atoms with E-state index in [4.69, 9.17) is 0 Å². The predicted octanol–water partition coefficient (Wildman–Crippen LogP) is 3.04. The summed E-state index contributed by atoms with van der Waals surface area (Å²) in [6, 6.07) is 12.2. The number of carbonyl (C=O) groups is 2. The van der Waals surface area contributed by atoms with Crippen LogP contribution in [0.5, 0.6) is 0 Å². The van der Waals surface area contributed by atoms with Crippen LogP contribution in [0.2, 0.25) is 0 Å². The van der Waals surface area contributed by atoms with Gasteiger partial charge in [-0.1, -0.05) is 18.2 Å². The molecule has 0 aliphatic carbocycles. The number of amides is 2. The number of hydrogen-bond donors (Lipinski definition) is 2. The number of nitrogens with one attached hydrogen (secondary N) is 2. The minimum Gasteiger partial charge on any atom is -0.326 e. The molecule has 20 heavy (non-hydrogen) atoms. The van der Waals surface area contributed by atoms with Crippen molar-refractivity contribution in [2.45, 2.75) is 6.92 Å². The molecule has 0 bridgehead atoms. The quantitative estimate of drug-likeness (QED) is 0.902. The SMILES string of the molecule is CC(=O)Nc1ccccc1C(=O)Nc1cccc(F)c1. The molecule has 4 nitrogen and oxygen atoms in total. The molecule has 0 fully saturated rings. The summed E-state index contributed by atoms with van der Waals surface area (Å²) >= 11 is 0. The maximum Gasteiger partial charge on any atom is 0.257 e. The lowest BCUT2D eigenvalue weighted by atomic mass is 10.1. The lowest BCUT2D eigenvalue weighted by molar-refractivity contribution is -0.114. The van der Waals surface area contributed by atoms with Crippen molar-refractivity contribution >= 4 is 23.2 Å². The summed E-state index contributed by atoms with van der Waals surface area (Å²) in [6.07, 6.45) is 0. The first-order valence-electron chi connectivity index (χ1n) is 6.00. The van der Waals surface area contributed by atoms with Crippen LogP contribution < -0.4 is 10.6 Å². The van der Waals surface area contributed by atoms with Gasteiger partial charge >= 0.3 is 0 Å². The van der Waals surface area contributed by atoms with E-state index in [9.17, 15) is 14.0 Å². The zero-order valence-electron chi connectivity index (χ0n) is 10.8. The van der Waals surface area contributed by atoms with Crippen LogP contribution in [-0.4, -0.2) is 11.8 Å². The maximum atomic E-state index is 13.1.